The molecule has 13 rings (SSSR count). The first-order valence-electron chi connectivity index (χ1n) is 27.3. The van der Waals surface area contributed by atoms with Crippen molar-refractivity contribution < 1.29 is 0 Å². The van der Waals surface area contributed by atoms with Gasteiger partial charge in [-0.1, -0.05) is 197 Å². The Morgan fingerprint density at radius 1 is 0.431 bits per heavy atom. The number of nitrogens with zero attached hydrogens (tertiary/aromatic N) is 3. The van der Waals surface area contributed by atoms with Crippen LogP contribution < -0.4 is 27.3 Å². The van der Waals surface area contributed by atoms with Gasteiger partial charge < -0.3 is 13.7 Å². The van der Waals surface area contributed by atoms with Crippen LogP contribution in [0.15, 0.2) is 78.9 Å². The molecule has 0 amide bonds. The van der Waals surface area contributed by atoms with Crippen molar-refractivity contribution in [2.24, 2.45) is 5.41 Å². The fraction of sp³-hybridized carbons (Fsp3) is 0.403. The van der Waals surface area contributed by atoms with E-state index >= 15 is 0 Å². The molecule has 0 saturated carbocycles. The monoisotopic (exact) mass is 944 g/mol. The molecular formula is C67H75B2N3. The van der Waals surface area contributed by atoms with E-state index in [9.17, 15) is 0 Å². The average Bonchev–Trinajstić information content (AvgIpc) is 3.90. The summed E-state index contributed by atoms with van der Waals surface area (Å²) in [5.41, 5.74) is 29.6. The summed E-state index contributed by atoms with van der Waals surface area (Å²) in [6.07, 6.45) is 4.80. The highest BCUT2D eigenvalue weighted by atomic mass is 15.1. The van der Waals surface area contributed by atoms with Crippen molar-refractivity contribution in [1.82, 2.24) is 13.7 Å². The lowest BCUT2D eigenvalue weighted by atomic mass is 9.24. The Labute approximate surface area is 430 Å². The number of allylic oxidation sites excluding steroid dienone is 1. The van der Waals surface area contributed by atoms with E-state index in [0.29, 0.717) is 0 Å². The number of rotatable bonds is 1. The van der Waals surface area contributed by atoms with Gasteiger partial charge in [-0.15, -0.1) is 0 Å². The van der Waals surface area contributed by atoms with E-state index in [-0.39, 0.29) is 51.7 Å². The van der Waals surface area contributed by atoms with Crippen LogP contribution in [0.1, 0.15) is 182 Å². The number of benzene rings is 6. The molecule has 1 unspecified atom stereocenters. The average molecular weight is 944 g/mol. The van der Waals surface area contributed by atoms with Crippen molar-refractivity contribution in [2.75, 3.05) is 0 Å². The van der Waals surface area contributed by atoms with Crippen LogP contribution in [-0.4, -0.2) is 27.1 Å². The molecule has 0 aliphatic carbocycles. The summed E-state index contributed by atoms with van der Waals surface area (Å²) in [7, 11) is 0. The first kappa shape index (κ1) is 46.1. The minimum absolute atomic E-state index is 0.0162. The quantitative estimate of drug-likeness (QED) is 0.146. The minimum Gasteiger partial charge on any atom is -0.315 e. The molecule has 72 heavy (non-hydrogen) atoms. The molecule has 9 aromatic rings. The first-order valence-corrected chi connectivity index (χ1v) is 27.3. The summed E-state index contributed by atoms with van der Waals surface area (Å²) >= 11 is 0. The molecule has 4 aliphatic heterocycles. The van der Waals surface area contributed by atoms with Crippen LogP contribution in [0.2, 0.25) is 0 Å². The maximum absolute atomic E-state index is 2.91. The van der Waals surface area contributed by atoms with Crippen LogP contribution in [0.4, 0.5) is 0 Å². The molecule has 3 aromatic heterocycles. The molecule has 5 heteroatoms. The van der Waals surface area contributed by atoms with Crippen molar-refractivity contribution in [3.8, 4) is 17.1 Å². The van der Waals surface area contributed by atoms with E-state index in [4.69, 9.17) is 0 Å². The van der Waals surface area contributed by atoms with E-state index in [1.165, 1.54) is 144 Å². The molecule has 0 N–H and O–H groups in total. The molecule has 0 bridgehead atoms. The van der Waals surface area contributed by atoms with Crippen LogP contribution in [0.5, 0.6) is 0 Å². The van der Waals surface area contributed by atoms with Gasteiger partial charge in [0, 0.05) is 71.8 Å². The van der Waals surface area contributed by atoms with Gasteiger partial charge >= 0.3 is 0 Å². The van der Waals surface area contributed by atoms with Gasteiger partial charge in [0.1, 0.15) is 0 Å². The lowest BCUT2D eigenvalue weighted by Crippen LogP contribution is -2.68. The Morgan fingerprint density at radius 3 is 1.29 bits per heavy atom. The molecule has 0 spiro atoms. The number of fused-ring (bicyclic) bond motifs is 11. The van der Waals surface area contributed by atoms with Gasteiger partial charge in [-0.25, -0.2) is 0 Å². The second-order valence-corrected chi connectivity index (χ2v) is 29.0. The highest BCUT2D eigenvalue weighted by Gasteiger charge is 2.57. The summed E-state index contributed by atoms with van der Waals surface area (Å²) in [6.45, 7) is 48.9. The van der Waals surface area contributed by atoms with E-state index in [2.05, 4.69) is 237 Å². The SMILES string of the molecule is C/C=C\c1c2n3c4c(c(C(C)(C)C)ccc14)B1c4c-3c3c(c(C)c4-n4c5cc(C(C)(C)C)ccc5c5ccc(C(C)(C)C)c1c54)-n1c4cc(C(C)(C)C)ccc4c4ccc(C(C)(C)C)c(c41)B3C2C(C)(C)C. The second kappa shape index (κ2) is 13.7. The fourth-order valence-corrected chi connectivity index (χ4v) is 15.1. The van der Waals surface area contributed by atoms with Crippen molar-refractivity contribution in [1.29, 1.82) is 0 Å². The predicted octanol–water partition coefficient (Wildman–Crippen LogP) is 14.4. The zero-order chi connectivity index (χ0) is 51.4. The van der Waals surface area contributed by atoms with Crippen LogP contribution >= 0.6 is 0 Å². The third-order valence-electron chi connectivity index (χ3n) is 18.1. The van der Waals surface area contributed by atoms with Gasteiger partial charge in [0.25, 0.3) is 6.71 Å². The van der Waals surface area contributed by atoms with Gasteiger partial charge in [0.15, 0.2) is 0 Å². The fourth-order valence-electron chi connectivity index (χ4n) is 15.1. The maximum atomic E-state index is 2.91. The number of aromatic nitrogens is 3. The Hall–Kier alpha value is -5.67. The highest BCUT2D eigenvalue weighted by molar-refractivity contribution is 7.02. The lowest BCUT2D eigenvalue weighted by molar-refractivity contribution is 0.381. The minimum atomic E-state index is -0.114. The molecule has 4 aliphatic rings. The van der Waals surface area contributed by atoms with Gasteiger partial charge in [-0.2, -0.15) is 0 Å². The van der Waals surface area contributed by atoms with Gasteiger partial charge in [-0.3, -0.25) is 0 Å². The standard InChI is InChI=1S/C67H75B2N3/c1-21-22-40-43-29-32-45(65(12,13)14)50-58(43)72-59(40)61(67(18,19)20)69-51-46(66(15,16)17)31-28-42-39-26-24-37(63(6,7)8)34-48(39)71(57(42)51)55-35(2)54-52(60(72)53(55)69)68(50)49-44(64(9,10)11)30-27-41-38-25-23-36(62(3,4)5)33-47(38)70(54)56(41)49/h21-34,61H,1-20H3/b22-21-. The van der Waals surface area contributed by atoms with Crippen molar-refractivity contribution >= 4 is 101 Å². The normalized spacial score (nSPS) is 16.4. The molecule has 364 valence electrons. The van der Waals surface area contributed by atoms with Crippen molar-refractivity contribution in [3.05, 3.63) is 124 Å². The van der Waals surface area contributed by atoms with Gasteiger partial charge in [0.2, 0.25) is 6.71 Å². The zero-order valence-electron chi connectivity index (χ0n) is 47.2. The van der Waals surface area contributed by atoms with E-state index < -0.39 is 0 Å². The lowest BCUT2D eigenvalue weighted by Gasteiger charge is -2.49. The van der Waals surface area contributed by atoms with Crippen molar-refractivity contribution in [3.63, 3.8) is 0 Å². The summed E-state index contributed by atoms with van der Waals surface area (Å²) in [6, 6.07) is 30.0. The Kier molecular flexibility index (Phi) is 8.80. The van der Waals surface area contributed by atoms with Crippen molar-refractivity contribution in [2.45, 2.75) is 171 Å². The zero-order valence-corrected chi connectivity index (χ0v) is 47.2. The van der Waals surface area contributed by atoms with E-state index in [0.717, 1.165) is 0 Å². The third kappa shape index (κ3) is 5.62. The van der Waals surface area contributed by atoms with E-state index in [1.807, 2.05) is 0 Å². The number of hydrogen-bond donors (Lipinski definition) is 0. The molecule has 0 saturated heterocycles. The summed E-state index contributed by atoms with van der Waals surface area (Å²) in [4.78, 5) is 0. The molecule has 0 fully saturated rings. The largest absolute Gasteiger partial charge is 0.315 e. The number of hydrogen-bond acceptors (Lipinski definition) is 0. The highest BCUT2D eigenvalue weighted by Crippen LogP contribution is 2.53. The third-order valence-corrected chi connectivity index (χ3v) is 18.1. The molecule has 1 atom stereocenters. The molecule has 0 radical (unpaired) electrons. The Bertz CT molecular complexity index is 4000. The van der Waals surface area contributed by atoms with E-state index in [1.54, 1.807) is 0 Å². The first-order chi connectivity index (χ1) is 33.5. The van der Waals surface area contributed by atoms with Gasteiger partial charge in [0.05, 0.1) is 11.0 Å². The molecule has 7 heterocycles. The van der Waals surface area contributed by atoms with Gasteiger partial charge in [-0.05, 0) is 125 Å². The second-order valence-electron chi connectivity index (χ2n) is 29.0. The maximum Gasteiger partial charge on any atom is 0.252 e. The van der Waals surface area contributed by atoms with Crippen LogP contribution in [0.25, 0.3) is 77.7 Å². The summed E-state index contributed by atoms with van der Waals surface area (Å²) in [5, 5.41) is 6.81. The van der Waals surface area contributed by atoms with Crippen LogP contribution in [0.3, 0.4) is 0 Å². The molecular weight excluding hydrogens is 868 g/mol. The summed E-state index contributed by atoms with van der Waals surface area (Å²) < 4.78 is 8.55. The molecule has 3 nitrogen and oxygen atoms in total. The van der Waals surface area contributed by atoms with Crippen LogP contribution in [0, 0.1) is 12.3 Å². The molecule has 6 aromatic carbocycles. The predicted molar refractivity (Wildman–Crippen MR) is 317 cm³/mol. The Balaban J connectivity index is 1.39. The summed E-state index contributed by atoms with van der Waals surface area (Å²) in [5.74, 6) is 0.167. The van der Waals surface area contributed by atoms with Crippen LogP contribution in [-0.2, 0) is 27.1 Å². The Morgan fingerprint density at radius 2 is 0.847 bits per heavy atom. The smallest absolute Gasteiger partial charge is 0.252 e. The topological polar surface area (TPSA) is 14.8 Å².